The predicted molar refractivity (Wildman–Crippen MR) is 100 cm³/mol. The first-order valence-electron chi connectivity index (χ1n) is 7.65. The molecular weight excluding hydrogens is 426 g/mol. The van der Waals surface area contributed by atoms with Crippen LogP contribution in [0.15, 0.2) is 24.0 Å². The van der Waals surface area contributed by atoms with Crippen LogP contribution in [0.2, 0.25) is 5.02 Å². The number of rotatable bonds is 6. The number of halogens is 4. The lowest BCUT2D eigenvalue weighted by Crippen LogP contribution is -2.38. The molecule has 1 aromatic carbocycles. The molecule has 27 heavy (non-hydrogen) atoms. The van der Waals surface area contributed by atoms with Crippen LogP contribution >= 0.6 is 18.1 Å². The standard InChI is InChI=1S/C16H18ClF3NO4PS/c1-15(2)13(25-26(4,27)24-8-16(18,19)20)12(14(22)21-15)10-6-5-9(17)7-11(10)23-3/h5-7H,8H2,1-4H3,(H,21,22). The van der Waals surface area contributed by atoms with Gasteiger partial charge in [-0.2, -0.15) is 13.2 Å². The molecule has 1 N–H and O–H groups in total. The Morgan fingerprint density at radius 2 is 1.96 bits per heavy atom. The fraction of sp³-hybridized carbons (Fsp3) is 0.438. The summed E-state index contributed by atoms with van der Waals surface area (Å²) in [6, 6.07) is 4.64. The lowest BCUT2D eigenvalue weighted by molar-refractivity contribution is -0.153. The second kappa shape index (κ2) is 7.62. The van der Waals surface area contributed by atoms with Crippen molar-refractivity contribution in [1.82, 2.24) is 5.32 Å². The molecule has 0 radical (unpaired) electrons. The van der Waals surface area contributed by atoms with Crippen molar-refractivity contribution in [3.63, 3.8) is 0 Å². The van der Waals surface area contributed by atoms with Gasteiger partial charge in [-0.05, 0) is 43.9 Å². The van der Waals surface area contributed by atoms with E-state index in [2.05, 4.69) is 5.32 Å². The highest BCUT2D eigenvalue weighted by Gasteiger charge is 2.43. The van der Waals surface area contributed by atoms with E-state index in [4.69, 9.17) is 37.2 Å². The first-order chi connectivity index (χ1) is 12.3. The molecule has 1 heterocycles. The number of ether oxygens (including phenoxy) is 1. The molecule has 1 amide bonds. The van der Waals surface area contributed by atoms with Gasteiger partial charge in [0.05, 0.1) is 18.2 Å². The summed E-state index contributed by atoms with van der Waals surface area (Å²) in [5.41, 5.74) is -0.510. The predicted octanol–water partition coefficient (Wildman–Crippen LogP) is 4.50. The maximum Gasteiger partial charge on any atom is 0.412 e. The minimum absolute atomic E-state index is 0.0983. The van der Waals surface area contributed by atoms with E-state index < -0.39 is 30.7 Å². The monoisotopic (exact) mass is 443 g/mol. The van der Waals surface area contributed by atoms with Crippen molar-refractivity contribution in [2.45, 2.75) is 25.6 Å². The topological polar surface area (TPSA) is 56.8 Å². The highest BCUT2D eigenvalue weighted by Crippen LogP contribution is 2.52. The third-order valence-corrected chi connectivity index (χ3v) is 5.49. The number of amides is 1. The highest BCUT2D eigenvalue weighted by atomic mass is 35.5. The maximum absolute atomic E-state index is 12.6. The van der Waals surface area contributed by atoms with Crippen LogP contribution in [0.3, 0.4) is 0 Å². The minimum atomic E-state index is -4.54. The van der Waals surface area contributed by atoms with E-state index in [1.54, 1.807) is 26.0 Å². The molecule has 1 aliphatic rings. The van der Waals surface area contributed by atoms with Crippen molar-refractivity contribution >= 4 is 41.4 Å². The van der Waals surface area contributed by atoms with E-state index in [0.29, 0.717) is 16.3 Å². The molecule has 1 aliphatic heterocycles. The zero-order chi connectivity index (χ0) is 20.6. The van der Waals surface area contributed by atoms with Gasteiger partial charge in [0, 0.05) is 17.3 Å². The fourth-order valence-corrected chi connectivity index (χ4v) is 4.11. The van der Waals surface area contributed by atoms with Crippen LogP contribution in [-0.2, 0) is 25.6 Å². The van der Waals surface area contributed by atoms with Crippen LogP contribution in [0.5, 0.6) is 5.75 Å². The molecule has 150 valence electrons. The zero-order valence-electron chi connectivity index (χ0n) is 14.9. The second-order valence-electron chi connectivity index (χ2n) is 6.38. The first-order valence-corrected chi connectivity index (χ1v) is 11.1. The summed E-state index contributed by atoms with van der Waals surface area (Å²) in [6.07, 6.45) is -4.54. The van der Waals surface area contributed by atoms with Gasteiger partial charge in [-0.25, -0.2) is 0 Å². The summed E-state index contributed by atoms with van der Waals surface area (Å²) in [7, 11) is 1.41. The average molecular weight is 444 g/mol. The van der Waals surface area contributed by atoms with Crippen LogP contribution in [0, 0.1) is 0 Å². The Hall–Kier alpha value is -1.28. The molecular formula is C16H18ClF3NO4PS. The first kappa shape index (κ1) is 22.0. The number of methoxy groups -OCH3 is 1. The Bertz CT molecular complexity index is 841. The van der Waals surface area contributed by atoms with Gasteiger partial charge in [-0.3, -0.25) is 4.79 Å². The smallest absolute Gasteiger partial charge is 0.412 e. The number of hydrogen-bond donors (Lipinski definition) is 1. The zero-order valence-corrected chi connectivity index (χ0v) is 17.4. The van der Waals surface area contributed by atoms with E-state index >= 15 is 0 Å². The average Bonchev–Trinajstić information content (AvgIpc) is 2.73. The van der Waals surface area contributed by atoms with Crippen molar-refractivity contribution in [3.8, 4) is 5.75 Å². The lowest BCUT2D eigenvalue weighted by Gasteiger charge is -2.28. The van der Waals surface area contributed by atoms with Crippen molar-refractivity contribution < 1.29 is 31.8 Å². The third-order valence-electron chi connectivity index (χ3n) is 3.60. The van der Waals surface area contributed by atoms with Crippen LogP contribution in [0.25, 0.3) is 5.57 Å². The summed E-state index contributed by atoms with van der Waals surface area (Å²) in [5.74, 6) is -0.0605. The fourth-order valence-electron chi connectivity index (χ4n) is 2.48. The summed E-state index contributed by atoms with van der Waals surface area (Å²) in [5, 5.41) is 3.11. The van der Waals surface area contributed by atoms with Crippen molar-refractivity contribution in [1.29, 1.82) is 0 Å². The molecule has 5 nitrogen and oxygen atoms in total. The van der Waals surface area contributed by atoms with Gasteiger partial charge in [0.15, 0.2) is 6.61 Å². The Balaban J connectivity index is 2.51. The van der Waals surface area contributed by atoms with E-state index in [0.717, 1.165) is 0 Å². The van der Waals surface area contributed by atoms with E-state index in [1.165, 1.54) is 19.8 Å². The van der Waals surface area contributed by atoms with Gasteiger partial charge in [0.1, 0.15) is 11.5 Å². The number of hydrogen-bond acceptors (Lipinski definition) is 5. The maximum atomic E-state index is 12.6. The van der Waals surface area contributed by atoms with Crippen LogP contribution in [0.1, 0.15) is 19.4 Å². The van der Waals surface area contributed by atoms with Gasteiger partial charge in [-0.1, -0.05) is 11.6 Å². The van der Waals surface area contributed by atoms with Gasteiger partial charge in [-0.15, -0.1) is 0 Å². The molecule has 0 saturated heterocycles. The molecule has 2 rings (SSSR count). The minimum Gasteiger partial charge on any atom is -0.496 e. The van der Waals surface area contributed by atoms with E-state index in [9.17, 15) is 18.0 Å². The van der Waals surface area contributed by atoms with Gasteiger partial charge in [0.2, 0.25) is 6.49 Å². The van der Waals surface area contributed by atoms with E-state index in [1.807, 2.05) is 0 Å². The Labute approximate surface area is 165 Å². The van der Waals surface area contributed by atoms with Crippen LogP contribution < -0.4 is 10.1 Å². The number of nitrogens with one attached hydrogen (secondary N) is 1. The van der Waals surface area contributed by atoms with Gasteiger partial charge < -0.3 is 19.1 Å². The van der Waals surface area contributed by atoms with Crippen LogP contribution in [0.4, 0.5) is 13.2 Å². The molecule has 0 saturated carbocycles. The molecule has 1 aromatic rings. The summed E-state index contributed by atoms with van der Waals surface area (Å²) in [4.78, 5) is 12.6. The largest absolute Gasteiger partial charge is 0.496 e. The Morgan fingerprint density at radius 3 is 2.52 bits per heavy atom. The van der Waals surface area contributed by atoms with Crippen molar-refractivity contribution in [2.75, 3.05) is 20.4 Å². The Morgan fingerprint density at radius 1 is 1.33 bits per heavy atom. The van der Waals surface area contributed by atoms with Gasteiger partial charge >= 0.3 is 6.18 Å². The Kier molecular flexibility index (Phi) is 6.21. The van der Waals surface area contributed by atoms with Crippen molar-refractivity contribution in [2.24, 2.45) is 0 Å². The summed E-state index contributed by atoms with van der Waals surface area (Å²) in [6.45, 7) is -0.302. The molecule has 0 fully saturated rings. The molecule has 11 heteroatoms. The molecule has 1 unspecified atom stereocenters. The summed E-state index contributed by atoms with van der Waals surface area (Å²) >= 11 is 11.1. The van der Waals surface area contributed by atoms with Crippen LogP contribution in [-0.4, -0.2) is 38.0 Å². The lowest BCUT2D eigenvalue weighted by atomic mass is 9.99. The number of carbonyl (C=O) groups excluding carboxylic acids is 1. The number of carbonyl (C=O) groups is 1. The molecule has 0 aromatic heterocycles. The molecule has 0 bridgehead atoms. The summed E-state index contributed by atoms with van der Waals surface area (Å²) < 4.78 is 53.2. The number of alkyl halides is 3. The molecule has 0 aliphatic carbocycles. The molecule has 0 spiro atoms. The SMILES string of the molecule is COc1cc(Cl)ccc1C1=C(OP(C)(=S)OCC(F)(F)F)C(C)(C)NC1=O. The third kappa shape index (κ3) is 5.38. The van der Waals surface area contributed by atoms with Gasteiger partial charge in [0.25, 0.3) is 5.91 Å². The normalized spacial score (nSPS) is 18.9. The van der Waals surface area contributed by atoms with Crippen molar-refractivity contribution in [3.05, 3.63) is 34.5 Å². The highest BCUT2D eigenvalue weighted by molar-refractivity contribution is 8.09. The number of benzene rings is 1. The molecule has 1 atom stereocenters. The second-order valence-corrected chi connectivity index (χ2v) is 10.8. The van der Waals surface area contributed by atoms with E-state index in [-0.39, 0.29) is 11.3 Å². The quantitative estimate of drug-likeness (QED) is 0.656.